The van der Waals surface area contributed by atoms with E-state index in [2.05, 4.69) is 33.9 Å². The van der Waals surface area contributed by atoms with Gasteiger partial charge in [0.1, 0.15) is 5.60 Å². The van der Waals surface area contributed by atoms with Gasteiger partial charge in [-0.1, -0.05) is 6.42 Å². The van der Waals surface area contributed by atoms with E-state index in [0.29, 0.717) is 56.4 Å². The van der Waals surface area contributed by atoms with Gasteiger partial charge in [-0.3, -0.25) is 9.59 Å². The molecular weight excluding hydrogens is 514 g/mol. The highest BCUT2D eigenvalue weighted by atomic mass is 32.2. The van der Waals surface area contributed by atoms with Crippen LogP contribution in [-0.2, 0) is 14.3 Å². The molecule has 0 aliphatic carbocycles. The van der Waals surface area contributed by atoms with Crippen LogP contribution in [-0.4, -0.2) is 89.5 Å². The Morgan fingerprint density at radius 2 is 1.84 bits per heavy atom. The zero-order valence-corrected chi connectivity index (χ0v) is 23.8. The van der Waals surface area contributed by atoms with E-state index in [-0.39, 0.29) is 41.9 Å². The molecule has 3 aliphatic heterocycles. The molecule has 37 heavy (non-hydrogen) atoms. The summed E-state index contributed by atoms with van der Waals surface area (Å²) in [6.07, 6.45) is 5.46. The van der Waals surface area contributed by atoms with Gasteiger partial charge in [0.2, 0.25) is 11.8 Å². The monoisotopic (exact) mass is 557 g/mol. The second kappa shape index (κ2) is 14.4. The van der Waals surface area contributed by atoms with Crippen LogP contribution in [0, 0.1) is 5.92 Å². The molecule has 210 valence electrons. The summed E-state index contributed by atoms with van der Waals surface area (Å²) in [5.74, 6) is 1.90. The van der Waals surface area contributed by atoms with Gasteiger partial charge in [0.05, 0.1) is 12.1 Å². The fourth-order valence-corrected chi connectivity index (χ4v) is 6.72. The van der Waals surface area contributed by atoms with E-state index in [1.165, 1.54) is 0 Å². The molecule has 0 unspecified atom stereocenters. The third-order valence-corrected chi connectivity index (χ3v) is 9.01. The molecule has 3 aliphatic rings. The van der Waals surface area contributed by atoms with Crippen LogP contribution in [0.2, 0.25) is 0 Å². The van der Waals surface area contributed by atoms with Gasteiger partial charge in [-0.25, -0.2) is 9.59 Å². The fourth-order valence-electron chi connectivity index (χ4n) is 5.07. The topological polar surface area (TPSA) is 129 Å². The maximum absolute atomic E-state index is 12.7. The standard InChI is InChI=1S/C25H43N5O5S2/c1-25(2,35-24(34)30-12-7-17(8-13-30)15-21(32)27-11-14-36)9-10-26-20(31)6-4-3-5-19-22-18(16-37-19)28-23(33)29-22/h17-19,22,36H,3-16H2,1-2H3,(H,26,31)(H,27,32)(H2,28,29,33)/t18-,19-,22-/m0/s1. The van der Waals surface area contributed by atoms with Crippen molar-refractivity contribution in [2.75, 3.05) is 37.7 Å². The molecule has 0 bridgehead atoms. The molecule has 0 aromatic carbocycles. The molecule has 0 aromatic heterocycles. The van der Waals surface area contributed by atoms with Gasteiger partial charge in [0.25, 0.3) is 0 Å². The number of carbonyl (C=O) groups is 4. The zero-order valence-electron chi connectivity index (χ0n) is 22.1. The first-order valence-corrected chi connectivity index (χ1v) is 15.2. The van der Waals surface area contributed by atoms with Gasteiger partial charge < -0.3 is 30.9 Å². The molecule has 0 aromatic rings. The van der Waals surface area contributed by atoms with E-state index >= 15 is 0 Å². The van der Waals surface area contributed by atoms with E-state index in [1.54, 1.807) is 4.90 Å². The lowest BCUT2D eigenvalue weighted by Gasteiger charge is -2.34. The minimum absolute atomic E-state index is 0.00962. The lowest BCUT2D eigenvalue weighted by atomic mass is 9.93. The average Bonchev–Trinajstić information content (AvgIpc) is 3.39. The number of nitrogens with zero attached hydrogens (tertiary/aromatic N) is 1. The van der Waals surface area contributed by atoms with Crippen LogP contribution in [0.5, 0.6) is 0 Å². The minimum atomic E-state index is -0.691. The number of fused-ring (bicyclic) bond motifs is 1. The number of piperidine rings is 1. The minimum Gasteiger partial charge on any atom is -0.443 e. The van der Waals surface area contributed by atoms with Gasteiger partial charge in [-0.15, -0.1) is 0 Å². The summed E-state index contributed by atoms with van der Waals surface area (Å²) in [5.41, 5.74) is -0.691. The number of hydrogen-bond acceptors (Lipinski definition) is 7. The first kappa shape index (κ1) is 29.7. The molecule has 10 nitrogen and oxygen atoms in total. The van der Waals surface area contributed by atoms with Gasteiger partial charge >= 0.3 is 12.1 Å². The highest BCUT2D eigenvalue weighted by molar-refractivity contribution is 8.00. The van der Waals surface area contributed by atoms with Crippen LogP contribution in [0.25, 0.3) is 0 Å². The molecule has 3 fully saturated rings. The molecule has 3 rings (SSSR count). The van der Waals surface area contributed by atoms with Crippen molar-refractivity contribution >= 4 is 48.3 Å². The van der Waals surface area contributed by atoms with E-state index in [1.807, 2.05) is 25.6 Å². The van der Waals surface area contributed by atoms with Crippen molar-refractivity contribution in [1.29, 1.82) is 0 Å². The number of unbranched alkanes of at least 4 members (excludes halogenated alkanes) is 1. The Bertz CT molecular complexity index is 806. The third kappa shape index (κ3) is 9.77. The molecule has 5 amide bonds. The summed E-state index contributed by atoms with van der Waals surface area (Å²) < 4.78 is 5.74. The largest absolute Gasteiger partial charge is 0.443 e. The normalized spacial score (nSPS) is 23.7. The predicted molar refractivity (Wildman–Crippen MR) is 148 cm³/mol. The molecule has 0 saturated carbocycles. The third-order valence-electron chi connectivity index (χ3n) is 7.27. The van der Waals surface area contributed by atoms with Crippen LogP contribution in [0.1, 0.15) is 65.2 Å². The molecule has 3 atom stereocenters. The summed E-state index contributed by atoms with van der Waals surface area (Å²) in [4.78, 5) is 50.0. The van der Waals surface area contributed by atoms with Crippen LogP contribution >= 0.6 is 24.4 Å². The maximum atomic E-state index is 12.7. The Labute approximate surface area is 229 Å². The Morgan fingerprint density at radius 3 is 2.57 bits per heavy atom. The fraction of sp³-hybridized carbons (Fsp3) is 0.840. The second-order valence-corrected chi connectivity index (χ2v) is 12.5. The number of amides is 5. The summed E-state index contributed by atoms with van der Waals surface area (Å²) in [7, 11) is 0. The number of carbonyl (C=O) groups excluding carboxylic acids is 4. The Morgan fingerprint density at radius 1 is 1.11 bits per heavy atom. The zero-order chi connectivity index (χ0) is 26.8. The number of rotatable bonds is 13. The summed E-state index contributed by atoms with van der Waals surface area (Å²) in [6.45, 7) is 5.91. The van der Waals surface area contributed by atoms with Crippen molar-refractivity contribution in [2.45, 2.75) is 88.1 Å². The molecule has 0 spiro atoms. The van der Waals surface area contributed by atoms with Crippen LogP contribution in [0.3, 0.4) is 0 Å². The van der Waals surface area contributed by atoms with Crippen LogP contribution < -0.4 is 21.3 Å². The number of hydrogen-bond donors (Lipinski definition) is 5. The summed E-state index contributed by atoms with van der Waals surface area (Å²) >= 11 is 5.99. The van der Waals surface area contributed by atoms with Crippen molar-refractivity contribution in [3.05, 3.63) is 0 Å². The predicted octanol–water partition coefficient (Wildman–Crippen LogP) is 2.28. The maximum Gasteiger partial charge on any atom is 0.410 e. The molecule has 3 saturated heterocycles. The smallest absolute Gasteiger partial charge is 0.410 e. The molecule has 4 N–H and O–H groups in total. The molecular formula is C25H43N5O5S2. The number of likely N-dealkylation sites (tertiary alicyclic amines) is 1. The first-order valence-electron chi connectivity index (χ1n) is 13.5. The molecule has 0 radical (unpaired) electrons. The van der Waals surface area contributed by atoms with Gasteiger partial charge in [-0.05, 0) is 45.4 Å². The number of ether oxygens (including phenoxy) is 1. The van der Waals surface area contributed by atoms with Crippen LogP contribution in [0.4, 0.5) is 9.59 Å². The lowest BCUT2D eigenvalue weighted by Crippen LogP contribution is -2.44. The highest BCUT2D eigenvalue weighted by Crippen LogP contribution is 2.33. The van der Waals surface area contributed by atoms with Crippen molar-refractivity contribution in [3.63, 3.8) is 0 Å². The summed E-state index contributed by atoms with van der Waals surface area (Å²) in [5, 5.41) is 12.1. The molecule has 3 heterocycles. The van der Waals surface area contributed by atoms with Crippen molar-refractivity contribution in [2.24, 2.45) is 5.92 Å². The Kier molecular flexibility index (Phi) is 11.5. The Balaban J connectivity index is 1.24. The second-order valence-electron chi connectivity index (χ2n) is 10.8. The van der Waals surface area contributed by atoms with Crippen molar-refractivity contribution < 1.29 is 23.9 Å². The van der Waals surface area contributed by atoms with Crippen LogP contribution in [0.15, 0.2) is 0 Å². The lowest BCUT2D eigenvalue weighted by molar-refractivity contribution is -0.122. The first-order chi connectivity index (χ1) is 17.7. The highest BCUT2D eigenvalue weighted by Gasteiger charge is 2.42. The number of thioether (sulfide) groups is 1. The number of nitrogens with one attached hydrogen (secondary N) is 4. The van der Waals surface area contributed by atoms with Gasteiger partial charge in [0.15, 0.2) is 0 Å². The molecule has 12 heteroatoms. The van der Waals surface area contributed by atoms with E-state index in [0.717, 1.165) is 37.9 Å². The van der Waals surface area contributed by atoms with Gasteiger partial charge in [-0.2, -0.15) is 24.4 Å². The van der Waals surface area contributed by atoms with Gasteiger partial charge in [0, 0.05) is 62.2 Å². The summed E-state index contributed by atoms with van der Waals surface area (Å²) in [6, 6.07) is 0.368. The SMILES string of the molecule is CC(C)(CCNC(=O)CCCC[C@@H]1SC[C@@H]2NC(=O)N[C@@H]21)OC(=O)N1CCC(CC(=O)NCCS)CC1. The van der Waals surface area contributed by atoms with E-state index in [4.69, 9.17) is 4.74 Å². The van der Waals surface area contributed by atoms with Crippen molar-refractivity contribution in [3.8, 4) is 0 Å². The average molecular weight is 558 g/mol. The Hall–Kier alpha value is -1.82. The van der Waals surface area contributed by atoms with Crippen molar-refractivity contribution in [1.82, 2.24) is 26.2 Å². The number of thiol groups is 1. The quantitative estimate of drug-likeness (QED) is 0.134. The number of urea groups is 1. The van der Waals surface area contributed by atoms with E-state index in [9.17, 15) is 19.2 Å². The van der Waals surface area contributed by atoms with E-state index < -0.39 is 5.60 Å².